The first-order valence-corrected chi connectivity index (χ1v) is 3.57. The molecule has 0 fully saturated rings. The van der Waals surface area contributed by atoms with Crippen molar-refractivity contribution in [2.45, 2.75) is 19.4 Å². The number of carbonyl (C=O) groups excluding carboxylic acids is 1. The van der Waals surface area contributed by atoms with E-state index in [1.807, 2.05) is 0 Å². The fraction of sp³-hybridized carbons (Fsp3) is 0.857. The van der Waals surface area contributed by atoms with Gasteiger partial charge in [0.15, 0.2) is 0 Å². The molecular weight excluding hydrogens is 146 g/mol. The molecule has 0 aromatic rings. The van der Waals surface area contributed by atoms with Crippen molar-refractivity contribution in [1.82, 2.24) is 0 Å². The van der Waals surface area contributed by atoms with Gasteiger partial charge in [-0.1, -0.05) is 6.92 Å². The summed E-state index contributed by atoms with van der Waals surface area (Å²) in [5, 5.41) is 17.8. The molecule has 0 saturated heterocycles. The van der Waals surface area contributed by atoms with E-state index in [4.69, 9.17) is 5.11 Å². The van der Waals surface area contributed by atoms with Crippen molar-refractivity contribution >= 4 is 5.97 Å². The standard InChI is InChI=1S/C4H8O3.C3H9N/c1-2-3(5)4(6)7;1-4(2)3/h3,5H,2H2,1H3,(H,6,7);1-3H3. The number of nitrogens with one attached hydrogen (secondary N) is 1. The average molecular weight is 163 g/mol. The Morgan fingerprint density at radius 1 is 1.55 bits per heavy atom. The normalized spacial score (nSPS) is 11.8. The number of carbonyl (C=O) groups is 1. The lowest BCUT2D eigenvalue weighted by Crippen LogP contribution is -3.02. The van der Waals surface area contributed by atoms with Crippen LogP contribution in [-0.2, 0) is 4.79 Å². The van der Waals surface area contributed by atoms with Crippen LogP contribution in [0, 0.1) is 0 Å². The fourth-order valence-corrected chi connectivity index (χ4v) is 0.167. The van der Waals surface area contributed by atoms with Gasteiger partial charge in [-0.25, -0.2) is 0 Å². The highest BCUT2D eigenvalue weighted by Gasteiger charge is 1.96. The molecule has 4 heteroatoms. The van der Waals surface area contributed by atoms with Crippen LogP contribution in [0.15, 0.2) is 0 Å². The van der Waals surface area contributed by atoms with E-state index >= 15 is 0 Å². The second-order valence-electron chi connectivity index (χ2n) is 2.74. The smallest absolute Gasteiger partial charge is 0.0931 e. The van der Waals surface area contributed by atoms with Gasteiger partial charge in [-0.05, 0) is 6.42 Å². The lowest BCUT2D eigenvalue weighted by molar-refractivity contribution is -0.836. The van der Waals surface area contributed by atoms with Crippen LogP contribution in [0.25, 0.3) is 0 Å². The van der Waals surface area contributed by atoms with Crippen molar-refractivity contribution in [3.05, 3.63) is 0 Å². The van der Waals surface area contributed by atoms with Crippen LogP contribution in [0.4, 0.5) is 0 Å². The summed E-state index contributed by atoms with van der Waals surface area (Å²) in [7, 11) is 6.25. The number of quaternary nitrogens is 1. The summed E-state index contributed by atoms with van der Waals surface area (Å²) in [5.41, 5.74) is 0. The van der Waals surface area contributed by atoms with Crippen molar-refractivity contribution < 1.29 is 19.9 Å². The third-order valence-corrected chi connectivity index (χ3v) is 0.659. The zero-order valence-electron chi connectivity index (χ0n) is 7.55. The van der Waals surface area contributed by atoms with Crippen LogP contribution in [0.2, 0.25) is 0 Å². The summed E-state index contributed by atoms with van der Waals surface area (Å²) in [6.45, 7) is 1.57. The first-order valence-electron chi connectivity index (χ1n) is 3.57. The maximum absolute atomic E-state index is 9.57. The second kappa shape index (κ2) is 7.50. The number of hydrogen-bond donors (Lipinski definition) is 2. The number of hydrogen-bond acceptors (Lipinski definition) is 3. The van der Waals surface area contributed by atoms with Gasteiger partial charge >= 0.3 is 0 Å². The molecule has 68 valence electrons. The van der Waals surface area contributed by atoms with E-state index < -0.39 is 12.1 Å². The van der Waals surface area contributed by atoms with Crippen LogP contribution in [-0.4, -0.2) is 38.3 Å². The first-order chi connectivity index (χ1) is 4.91. The number of aliphatic hydroxyl groups excluding tert-OH is 1. The van der Waals surface area contributed by atoms with E-state index in [0.29, 0.717) is 0 Å². The van der Waals surface area contributed by atoms with E-state index in [1.165, 1.54) is 4.90 Å². The van der Waals surface area contributed by atoms with Crippen LogP contribution in [0.1, 0.15) is 13.3 Å². The molecule has 0 aromatic carbocycles. The van der Waals surface area contributed by atoms with Crippen molar-refractivity contribution in [2.24, 2.45) is 0 Å². The van der Waals surface area contributed by atoms with E-state index in [-0.39, 0.29) is 6.42 Å². The van der Waals surface area contributed by atoms with Gasteiger partial charge in [0, 0.05) is 0 Å². The summed E-state index contributed by atoms with van der Waals surface area (Å²) in [6, 6.07) is 0. The zero-order chi connectivity index (χ0) is 9.44. The highest BCUT2D eigenvalue weighted by atomic mass is 16.4. The largest absolute Gasteiger partial charge is 0.547 e. The minimum Gasteiger partial charge on any atom is -0.547 e. The van der Waals surface area contributed by atoms with E-state index in [9.17, 15) is 9.90 Å². The Morgan fingerprint density at radius 3 is 1.82 bits per heavy atom. The van der Waals surface area contributed by atoms with Crippen LogP contribution < -0.4 is 10.0 Å². The predicted molar refractivity (Wildman–Crippen MR) is 40.0 cm³/mol. The van der Waals surface area contributed by atoms with Crippen LogP contribution in [0.3, 0.4) is 0 Å². The maximum Gasteiger partial charge on any atom is 0.0931 e. The lowest BCUT2D eigenvalue weighted by Gasteiger charge is -2.05. The molecule has 0 amide bonds. The number of aliphatic hydroxyl groups is 1. The Balaban J connectivity index is 0. The summed E-state index contributed by atoms with van der Waals surface area (Å²) in [6.07, 6.45) is -1.08. The Morgan fingerprint density at radius 2 is 1.82 bits per heavy atom. The number of carboxylic acids is 1. The lowest BCUT2D eigenvalue weighted by atomic mass is 10.3. The summed E-state index contributed by atoms with van der Waals surface area (Å²) in [5.74, 6) is -1.40. The van der Waals surface area contributed by atoms with E-state index in [2.05, 4.69) is 21.1 Å². The maximum atomic E-state index is 9.57. The molecule has 1 unspecified atom stereocenters. The molecule has 0 bridgehead atoms. The molecular formula is C7H17NO3. The van der Waals surface area contributed by atoms with Gasteiger partial charge in [0.25, 0.3) is 0 Å². The molecule has 0 aliphatic heterocycles. The quantitative estimate of drug-likeness (QED) is 0.464. The molecule has 0 saturated carbocycles. The van der Waals surface area contributed by atoms with Gasteiger partial charge in [0.1, 0.15) is 0 Å². The Bertz CT molecular complexity index is 101. The van der Waals surface area contributed by atoms with Crippen molar-refractivity contribution in [3.63, 3.8) is 0 Å². The molecule has 0 rings (SSSR count). The van der Waals surface area contributed by atoms with Crippen molar-refractivity contribution in [3.8, 4) is 0 Å². The van der Waals surface area contributed by atoms with Crippen LogP contribution in [0.5, 0.6) is 0 Å². The predicted octanol–water partition coefficient (Wildman–Crippen LogP) is -2.73. The van der Waals surface area contributed by atoms with Crippen LogP contribution >= 0.6 is 0 Å². The van der Waals surface area contributed by atoms with Crippen molar-refractivity contribution in [1.29, 1.82) is 0 Å². The van der Waals surface area contributed by atoms with Gasteiger partial charge in [0.2, 0.25) is 0 Å². The minimum atomic E-state index is -1.40. The number of aliphatic carboxylic acids is 1. The van der Waals surface area contributed by atoms with E-state index in [1.54, 1.807) is 6.92 Å². The summed E-state index contributed by atoms with van der Waals surface area (Å²) >= 11 is 0. The fourth-order valence-electron chi connectivity index (χ4n) is 0.167. The molecule has 0 spiro atoms. The van der Waals surface area contributed by atoms with Gasteiger partial charge in [0.05, 0.1) is 33.2 Å². The Labute approximate surface area is 67.4 Å². The Hall–Kier alpha value is -0.610. The molecule has 0 aliphatic rings. The van der Waals surface area contributed by atoms with E-state index in [0.717, 1.165) is 0 Å². The molecule has 1 atom stereocenters. The minimum absolute atomic E-state index is 0.211. The second-order valence-corrected chi connectivity index (χ2v) is 2.74. The third kappa shape index (κ3) is 17.7. The molecule has 0 aromatic heterocycles. The average Bonchev–Trinajstić information content (AvgIpc) is 1.85. The topological polar surface area (TPSA) is 64.8 Å². The molecule has 0 aliphatic carbocycles. The number of rotatable bonds is 2. The monoisotopic (exact) mass is 163 g/mol. The molecule has 4 nitrogen and oxygen atoms in total. The Kier molecular flexibility index (Phi) is 8.87. The zero-order valence-corrected chi connectivity index (χ0v) is 7.55. The first kappa shape index (κ1) is 13.0. The molecule has 11 heavy (non-hydrogen) atoms. The third-order valence-electron chi connectivity index (χ3n) is 0.659. The summed E-state index contributed by atoms with van der Waals surface area (Å²) in [4.78, 5) is 11.0. The van der Waals surface area contributed by atoms with Gasteiger partial charge < -0.3 is 19.9 Å². The SMILES string of the molecule is CCC(O)C(=O)[O-].C[NH+](C)C. The molecule has 0 radical (unpaired) electrons. The van der Waals surface area contributed by atoms with Gasteiger partial charge in [-0.2, -0.15) is 0 Å². The van der Waals surface area contributed by atoms with Gasteiger partial charge in [-0.15, -0.1) is 0 Å². The summed E-state index contributed by atoms with van der Waals surface area (Å²) < 4.78 is 0. The molecule has 2 N–H and O–H groups in total. The molecule has 0 heterocycles. The number of carboxylic acid groups (broad SMARTS) is 1. The van der Waals surface area contributed by atoms with Crippen molar-refractivity contribution in [2.75, 3.05) is 21.1 Å². The van der Waals surface area contributed by atoms with Gasteiger partial charge in [-0.3, -0.25) is 0 Å². The highest BCUT2D eigenvalue weighted by Crippen LogP contribution is 1.83. The highest BCUT2D eigenvalue weighted by molar-refractivity contribution is 5.69.